The largest absolute Gasteiger partial charge is 0.493 e. The van der Waals surface area contributed by atoms with Crippen LogP contribution in [0.4, 0.5) is 0 Å². The van der Waals surface area contributed by atoms with Crippen LogP contribution in [0.15, 0.2) is 18.2 Å². The molecule has 112 valence electrons. The van der Waals surface area contributed by atoms with Crippen LogP contribution >= 0.6 is 0 Å². The Hall–Kier alpha value is -1.02. The van der Waals surface area contributed by atoms with Gasteiger partial charge in [-0.15, -0.1) is 0 Å². The number of rotatable bonds is 7. The summed E-state index contributed by atoms with van der Waals surface area (Å²) in [4.78, 5) is 0. The highest BCUT2D eigenvalue weighted by Crippen LogP contribution is 2.27. The van der Waals surface area contributed by atoms with Crippen LogP contribution in [0.3, 0.4) is 0 Å². The van der Waals surface area contributed by atoms with E-state index in [1.54, 1.807) is 0 Å². The van der Waals surface area contributed by atoms with Crippen molar-refractivity contribution < 1.29 is 4.74 Å². The molecule has 2 rings (SSSR count). The van der Waals surface area contributed by atoms with Crippen LogP contribution in [0.2, 0.25) is 0 Å². The molecule has 0 aromatic heterocycles. The molecule has 0 aliphatic heterocycles. The highest BCUT2D eigenvalue weighted by atomic mass is 16.5. The van der Waals surface area contributed by atoms with E-state index >= 15 is 0 Å². The van der Waals surface area contributed by atoms with Crippen LogP contribution < -0.4 is 10.1 Å². The SMILES string of the molecule is Cc1ccc(C(C)C)cc1OCC(C)(C)CNC1CC1. The summed E-state index contributed by atoms with van der Waals surface area (Å²) in [5, 5.41) is 3.60. The van der Waals surface area contributed by atoms with Gasteiger partial charge >= 0.3 is 0 Å². The van der Waals surface area contributed by atoms with E-state index < -0.39 is 0 Å². The minimum atomic E-state index is 0.170. The molecule has 1 N–H and O–H groups in total. The summed E-state index contributed by atoms with van der Waals surface area (Å²) in [7, 11) is 0. The Morgan fingerprint density at radius 3 is 2.60 bits per heavy atom. The number of benzene rings is 1. The predicted molar refractivity (Wildman–Crippen MR) is 85.6 cm³/mol. The van der Waals surface area contributed by atoms with Gasteiger partial charge in [0.15, 0.2) is 0 Å². The molecule has 0 spiro atoms. The standard InChI is InChI=1S/C18H29NO/c1-13(2)15-7-6-14(3)17(10-15)20-12-18(4,5)11-19-16-8-9-16/h6-7,10,13,16,19H,8-9,11-12H2,1-5H3. The summed E-state index contributed by atoms with van der Waals surface area (Å²) in [5.41, 5.74) is 2.74. The molecular formula is C18H29NO. The summed E-state index contributed by atoms with van der Waals surface area (Å²) in [5.74, 6) is 1.58. The van der Waals surface area contributed by atoms with E-state index in [0.717, 1.165) is 24.9 Å². The fraction of sp³-hybridized carbons (Fsp3) is 0.667. The summed E-state index contributed by atoms with van der Waals surface area (Å²) in [6.07, 6.45) is 2.68. The summed E-state index contributed by atoms with van der Waals surface area (Å²) < 4.78 is 6.11. The van der Waals surface area contributed by atoms with Gasteiger partial charge in [-0.3, -0.25) is 0 Å². The molecule has 0 heterocycles. The summed E-state index contributed by atoms with van der Waals surface area (Å²) >= 11 is 0. The maximum atomic E-state index is 6.11. The van der Waals surface area contributed by atoms with Crippen LogP contribution in [0.25, 0.3) is 0 Å². The lowest BCUT2D eigenvalue weighted by atomic mass is 9.94. The van der Waals surface area contributed by atoms with Crippen molar-refractivity contribution in [2.75, 3.05) is 13.2 Å². The highest BCUT2D eigenvalue weighted by Gasteiger charge is 2.25. The Kier molecular flexibility index (Phi) is 4.74. The number of nitrogens with one attached hydrogen (secondary N) is 1. The van der Waals surface area contributed by atoms with Crippen LogP contribution in [0.1, 0.15) is 57.6 Å². The molecule has 0 amide bonds. The van der Waals surface area contributed by atoms with E-state index in [-0.39, 0.29) is 5.41 Å². The number of hydrogen-bond acceptors (Lipinski definition) is 2. The molecule has 1 fully saturated rings. The third kappa shape index (κ3) is 4.52. The minimum absolute atomic E-state index is 0.170. The van der Waals surface area contributed by atoms with Gasteiger partial charge in [0.2, 0.25) is 0 Å². The Morgan fingerprint density at radius 2 is 2.00 bits per heavy atom. The van der Waals surface area contributed by atoms with Crippen LogP contribution in [-0.4, -0.2) is 19.2 Å². The van der Waals surface area contributed by atoms with E-state index in [9.17, 15) is 0 Å². The molecule has 1 aromatic carbocycles. The smallest absolute Gasteiger partial charge is 0.122 e. The lowest BCUT2D eigenvalue weighted by molar-refractivity contribution is 0.175. The second kappa shape index (κ2) is 6.17. The van der Waals surface area contributed by atoms with Gasteiger partial charge < -0.3 is 10.1 Å². The molecule has 0 unspecified atom stereocenters. The molecule has 0 bridgehead atoms. The van der Waals surface area contributed by atoms with Crippen molar-refractivity contribution in [2.45, 2.75) is 59.4 Å². The maximum absolute atomic E-state index is 6.11. The molecule has 0 saturated heterocycles. The Labute approximate surface area is 123 Å². The van der Waals surface area contributed by atoms with Crippen molar-refractivity contribution >= 4 is 0 Å². The maximum Gasteiger partial charge on any atom is 0.122 e. The predicted octanol–water partition coefficient (Wildman–Crippen LogP) is 4.28. The quantitative estimate of drug-likeness (QED) is 0.802. The zero-order valence-corrected chi connectivity index (χ0v) is 13.6. The fourth-order valence-electron chi connectivity index (χ4n) is 2.16. The first-order chi connectivity index (χ1) is 9.37. The van der Waals surface area contributed by atoms with Gasteiger partial charge in [0.05, 0.1) is 6.61 Å². The highest BCUT2D eigenvalue weighted by molar-refractivity contribution is 5.37. The molecule has 0 atom stereocenters. The molecule has 2 nitrogen and oxygen atoms in total. The van der Waals surface area contributed by atoms with Crippen molar-refractivity contribution in [1.29, 1.82) is 0 Å². The molecule has 2 heteroatoms. The minimum Gasteiger partial charge on any atom is -0.493 e. The molecule has 1 aliphatic carbocycles. The van der Waals surface area contributed by atoms with Gasteiger partial charge in [-0.05, 0) is 42.9 Å². The van der Waals surface area contributed by atoms with Crippen LogP contribution in [-0.2, 0) is 0 Å². The first kappa shape index (κ1) is 15.4. The van der Waals surface area contributed by atoms with E-state index in [1.165, 1.54) is 24.0 Å². The van der Waals surface area contributed by atoms with Crippen LogP contribution in [0.5, 0.6) is 5.75 Å². The Bertz CT molecular complexity index is 447. The fourth-order valence-corrected chi connectivity index (χ4v) is 2.16. The third-order valence-electron chi connectivity index (χ3n) is 3.94. The van der Waals surface area contributed by atoms with E-state index in [2.05, 4.69) is 58.1 Å². The first-order valence-electron chi connectivity index (χ1n) is 7.84. The van der Waals surface area contributed by atoms with Gasteiger partial charge in [-0.1, -0.05) is 39.8 Å². The molecule has 1 saturated carbocycles. The van der Waals surface area contributed by atoms with Gasteiger partial charge in [0.1, 0.15) is 5.75 Å². The topological polar surface area (TPSA) is 21.3 Å². The molecular weight excluding hydrogens is 246 g/mol. The second-order valence-corrected chi connectivity index (χ2v) is 7.29. The van der Waals surface area contributed by atoms with Crippen LogP contribution in [0, 0.1) is 12.3 Å². The van der Waals surface area contributed by atoms with Crippen molar-refractivity contribution in [1.82, 2.24) is 5.32 Å². The van der Waals surface area contributed by atoms with Gasteiger partial charge in [-0.25, -0.2) is 0 Å². The monoisotopic (exact) mass is 275 g/mol. The average Bonchev–Trinajstić information content (AvgIpc) is 3.19. The van der Waals surface area contributed by atoms with Gasteiger partial charge in [0, 0.05) is 18.0 Å². The van der Waals surface area contributed by atoms with Crippen molar-refractivity contribution in [3.8, 4) is 5.75 Å². The summed E-state index contributed by atoms with van der Waals surface area (Å²) in [6.45, 7) is 12.9. The summed E-state index contributed by atoms with van der Waals surface area (Å²) in [6, 6.07) is 7.33. The van der Waals surface area contributed by atoms with Gasteiger partial charge in [-0.2, -0.15) is 0 Å². The van der Waals surface area contributed by atoms with Crippen molar-refractivity contribution in [3.63, 3.8) is 0 Å². The molecule has 1 aromatic rings. The Morgan fingerprint density at radius 1 is 1.30 bits per heavy atom. The van der Waals surface area contributed by atoms with E-state index in [4.69, 9.17) is 4.74 Å². The third-order valence-corrected chi connectivity index (χ3v) is 3.94. The second-order valence-electron chi connectivity index (χ2n) is 7.29. The van der Waals surface area contributed by atoms with Gasteiger partial charge in [0.25, 0.3) is 0 Å². The van der Waals surface area contributed by atoms with E-state index in [1.807, 2.05) is 0 Å². The number of ether oxygens (including phenoxy) is 1. The Balaban J connectivity index is 1.92. The number of aryl methyl sites for hydroxylation is 1. The average molecular weight is 275 g/mol. The molecule has 0 radical (unpaired) electrons. The first-order valence-corrected chi connectivity index (χ1v) is 7.84. The lowest BCUT2D eigenvalue weighted by Gasteiger charge is -2.26. The molecule has 1 aliphatic rings. The van der Waals surface area contributed by atoms with Crippen molar-refractivity contribution in [2.24, 2.45) is 5.41 Å². The molecule has 20 heavy (non-hydrogen) atoms. The lowest BCUT2D eigenvalue weighted by Crippen LogP contribution is -2.35. The van der Waals surface area contributed by atoms with E-state index in [0.29, 0.717) is 5.92 Å². The normalized spacial score (nSPS) is 15.7. The van der Waals surface area contributed by atoms with Crippen molar-refractivity contribution in [3.05, 3.63) is 29.3 Å². The zero-order valence-electron chi connectivity index (χ0n) is 13.6. The zero-order chi connectivity index (χ0) is 14.8. The number of hydrogen-bond donors (Lipinski definition) is 1.